The summed E-state index contributed by atoms with van der Waals surface area (Å²) in [7, 11) is 0. The molecule has 1 aromatic heterocycles. The quantitative estimate of drug-likeness (QED) is 0.424. The first-order chi connectivity index (χ1) is 12.0. The number of rotatable bonds is 7. The van der Waals surface area contributed by atoms with E-state index in [2.05, 4.69) is 28.5 Å². The number of carbonyl (C=O) groups excluding carboxylic acids is 1. The van der Waals surface area contributed by atoms with Crippen molar-refractivity contribution in [1.82, 2.24) is 9.36 Å². The highest BCUT2D eigenvalue weighted by atomic mass is 32.2. The molecular formula is C17H18N4OS3. The molecule has 8 heteroatoms. The summed E-state index contributed by atoms with van der Waals surface area (Å²) >= 11 is 4.30. The molecule has 1 aromatic carbocycles. The molecule has 0 aliphatic heterocycles. The van der Waals surface area contributed by atoms with Crippen LogP contribution >= 0.6 is 35.1 Å². The molecule has 0 saturated heterocycles. The standard InChI is InChI=1S/C17H18N4OS3/c1-11(2)10-24-17-20-16(25-21-17)19-15(22)13(9-18)8-12-4-6-14(23-3)7-5-12/h4-8,11H,10H2,1-3H3,(H,19,20,21,22)/b13-8-. The third-order valence-corrected chi connectivity index (χ3v) is 5.73. The molecule has 0 aliphatic carbocycles. The molecule has 1 N–H and O–H groups in total. The third-order valence-electron chi connectivity index (χ3n) is 2.97. The number of amides is 1. The lowest BCUT2D eigenvalue weighted by molar-refractivity contribution is -0.112. The molecule has 130 valence electrons. The molecule has 0 atom stereocenters. The number of aromatic nitrogens is 2. The Morgan fingerprint density at radius 2 is 2.12 bits per heavy atom. The number of nitrogens with zero attached hydrogens (tertiary/aromatic N) is 3. The monoisotopic (exact) mass is 390 g/mol. The number of nitrogens with one attached hydrogen (secondary N) is 1. The lowest BCUT2D eigenvalue weighted by Gasteiger charge is -2.01. The fraction of sp³-hybridized carbons (Fsp3) is 0.294. The van der Waals surface area contributed by atoms with Crippen LogP contribution in [0, 0.1) is 17.2 Å². The minimum atomic E-state index is -0.479. The zero-order chi connectivity index (χ0) is 18.2. The van der Waals surface area contributed by atoms with Gasteiger partial charge in [0.2, 0.25) is 10.3 Å². The van der Waals surface area contributed by atoms with E-state index in [0.717, 1.165) is 27.7 Å². The molecule has 2 aromatic rings. The SMILES string of the molecule is CSc1ccc(/C=C(/C#N)C(=O)Nc2nc(SCC(C)C)ns2)cc1. The highest BCUT2D eigenvalue weighted by Gasteiger charge is 2.13. The van der Waals surface area contributed by atoms with Crippen LogP contribution in [0.3, 0.4) is 0 Å². The normalized spacial score (nSPS) is 11.4. The Labute approximate surface area is 160 Å². The van der Waals surface area contributed by atoms with Gasteiger partial charge in [-0.25, -0.2) is 0 Å². The smallest absolute Gasteiger partial charge is 0.268 e. The number of hydrogen-bond donors (Lipinski definition) is 1. The molecule has 0 spiro atoms. The van der Waals surface area contributed by atoms with Gasteiger partial charge in [-0.2, -0.15) is 14.6 Å². The predicted molar refractivity (Wildman–Crippen MR) is 106 cm³/mol. The second-order valence-electron chi connectivity index (χ2n) is 5.48. The van der Waals surface area contributed by atoms with Gasteiger partial charge < -0.3 is 0 Å². The van der Waals surface area contributed by atoms with Gasteiger partial charge in [0.25, 0.3) is 5.91 Å². The van der Waals surface area contributed by atoms with E-state index in [4.69, 9.17) is 0 Å². The molecule has 0 fully saturated rings. The third kappa shape index (κ3) is 6.20. The number of carbonyl (C=O) groups is 1. The second kappa shape index (κ2) is 9.61. The van der Waals surface area contributed by atoms with Gasteiger partial charge in [0.05, 0.1) is 0 Å². The summed E-state index contributed by atoms with van der Waals surface area (Å²) in [5, 5.41) is 12.9. The molecule has 25 heavy (non-hydrogen) atoms. The summed E-state index contributed by atoms with van der Waals surface area (Å²) < 4.78 is 4.20. The summed E-state index contributed by atoms with van der Waals surface area (Å²) in [4.78, 5) is 17.7. The van der Waals surface area contributed by atoms with E-state index in [0.29, 0.717) is 16.2 Å². The van der Waals surface area contributed by atoms with Crippen molar-refractivity contribution in [3.05, 3.63) is 35.4 Å². The summed E-state index contributed by atoms with van der Waals surface area (Å²) in [6, 6.07) is 9.60. The first kappa shape index (κ1) is 19.5. The van der Waals surface area contributed by atoms with E-state index >= 15 is 0 Å². The zero-order valence-corrected chi connectivity index (χ0v) is 16.6. The summed E-state index contributed by atoms with van der Waals surface area (Å²) in [6.07, 6.45) is 3.56. The maximum absolute atomic E-state index is 12.3. The highest BCUT2D eigenvalue weighted by Crippen LogP contribution is 2.22. The number of thioether (sulfide) groups is 2. The zero-order valence-electron chi connectivity index (χ0n) is 14.1. The van der Waals surface area contributed by atoms with Crippen LogP contribution in [0.25, 0.3) is 6.08 Å². The van der Waals surface area contributed by atoms with Crippen molar-refractivity contribution in [2.24, 2.45) is 5.92 Å². The second-order valence-corrected chi connectivity index (χ2v) is 8.10. The molecule has 1 amide bonds. The van der Waals surface area contributed by atoms with E-state index < -0.39 is 5.91 Å². The fourth-order valence-corrected chi connectivity index (χ4v) is 3.64. The van der Waals surface area contributed by atoms with Crippen LogP contribution in [-0.4, -0.2) is 27.3 Å². The highest BCUT2D eigenvalue weighted by molar-refractivity contribution is 7.99. The molecule has 5 nitrogen and oxygen atoms in total. The number of anilines is 1. The van der Waals surface area contributed by atoms with Crippen molar-refractivity contribution in [2.45, 2.75) is 23.9 Å². The van der Waals surface area contributed by atoms with Gasteiger partial charge in [-0.1, -0.05) is 37.7 Å². The van der Waals surface area contributed by atoms with Crippen molar-refractivity contribution in [1.29, 1.82) is 5.26 Å². The van der Waals surface area contributed by atoms with E-state index in [1.807, 2.05) is 36.6 Å². The Morgan fingerprint density at radius 3 is 2.72 bits per heavy atom. The topological polar surface area (TPSA) is 78.7 Å². The number of hydrogen-bond acceptors (Lipinski definition) is 7. The molecule has 0 unspecified atom stereocenters. The van der Waals surface area contributed by atoms with Crippen LogP contribution in [0.2, 0.25) is 0 Å². The van der Waals surface area contributed by atoms with Gasteiger partial charge >= 0.3 is 0 Å². The van der Waals surface area contributed by atoms with Crippen LogP contribution in [0.1, 0.15) is 19.4 Å². The van der Waals surface area contributed by atoms with Crippen molar-refractivity contribution in [3.63, 3.8) is 0 Å². The van der Waals surface area contributed by atoms with Gasteiger partial charge in [0.1, 0.15) is 11.6 Å². The van der Waals surface area contributed by atoms with Gasteiger partial charge in [-0.3, -0.25) is 10.1 Å². The van der Waals surface area contributed by atoms with Crippen molar-refractivity contribution in [3.8, 4) is 6.07 Å². The Bertz CT molecular complexity index is 791. The molecule has 2 rings (SSSR count). The van der Waals surface area contributed by atoms with E-state index in [9.17, 15) is 10.1 Å². The molecule has 0 bridgehead atoms. The lowest BCUT2D eigenvalue weighted by atomic mass is 10.1. The summed E-state index contributed by atoms with van der Waals surface area (Å²) in [5.74, 6) is 0.977. The molecule has 1 heterocycles. The Kier molecular flexibility index (Phi) is 7.50. The summed E-state index contributed by atoms with van der Waals surface area (Å²) in [5.41, 5.74) is 0.832. The van der Waals surface area contributed by atoms with Crippen molar-refractivity contribution in [2.75, 3.05) is 17.3 Å². The van der Waals surface area contributed by atoms with Gasteiger partial charge in [-0.05, 0) is 35.9 Å². The van der Waals surface area contributed by atoms with Crippen LogP contribution in [0.4, 0.5) is 5.13 Å². The maximum atomic E-state index is 12.3. The minimum Gasteiger partial charge on any atom is -0.296 e. The van der Waals surface area contributed by atoms with Crippen LogP contribution in [0.5, 0.6) is 0 Å². The Balaban J connectivity index is 2.04. The lowest BCUT2D eigenvalue weighted by Crippen LogP contribution is -2.13. The van der Waals surface area contributed by atoms with E-state index in [1.54, 1.807) is 29.6 Å². The van der Waals surface area contributed by atoms with E-state index in [-0.39, 0.29) is 5.57 Å². The van der Waals surface area contributed by atoms with Crippen LogP contribution < -0.4 is 5.32 Å². The molecule has 0 aliphatic rings. The van der Waals surface area contributed by atoms with Crippen molar-refractivity contribution < 1.29 is 4.79 Å². The van der Waals surface area contributed by atoms with E-state index in [1.165, 1.54) is 0 Å². The van der Waals surface area contributed by atoms with Gasteiger partial charge in [-0.15, -0.1) is 11.8 Å². The van der Waals surface area contributed by atoms with Gasteiger partial charge in [0.15, 0.2) is 0 Å². The summed E-state index contributed by atoms with van der Waals surface area (Å²) in [6.45, 7) is 4.25. The molecule has 0 saturated carbocycles. The van der Waals surface area contributed by atoms with Crippen molar-refractivity contribution >= 4 is 52.2 Å². The van der Waals surface area contributed by atoms with Crippen LogP contribution in [0.15, 0.2) is 39.9 Å². The average Bonchev–Trinajstić information content (AvgIpc) is 3.05. The Hall–Kier alpha value is -1.82. The largest absolute Gasteiger partial charge is 0.296 e. The maximum Gasteiger partial charge on any atom is 0.268 e. The molecular weight excluding hydrogens is 372 g/mol. The average molecular weight is 391 g/mol. The first-order valence-electron chi connectivity index (χ1n) is 7.55. The fourth-order valence-electron chi connectivity index (χ4n) is 1.74. The number of benzene rings is 1. The van der Waals surface area contributed by atoms with Crippen LogP contribution in [-0.2, 0) is 4.79 Å². The first-order valence-corrected chi connectivity index (χ1v) is 10.5. The predicted octanol–water partition coefficient (Wildman–Crippen LogP) is 4.55. The van der Waals surface area contributed by atoms with Gasteiger partial charge in [0, 0.05) is 22.2 Å². The molecule has 0 radical (unpaired) electrons. The Morgan fingerprint density at radius 1 is 1.40 bits per heavy atom. The number of nitriles is 1. The minimum absolute atomic E-state index is 0.0310.